The van der Waals surface area contributed by atoms with Crippen molar-refractivity contribution in [3.8, 4) is 0 Å². The molecule has 0 aliphatic carbocycles. The highest BCUT2D eigenvalue weighted by Gasteiger charge is 2.39. The highest BCUT2D eigenvalue weighted by Crippen LogP contribution is 2.27. The van der Waals surface area contributed by atoms with Crippen molar-refractivity contribution in [1.29, 1.82) is 0 Å². The van der Waals surface area contributed by atoms with Crippen molar-refractivity contribution >= 4 is 10.0 Å². The van der Waals surface area contributed by atoms with Gasteiger partial charge in [-0.15, -0.1) is 0 Å². The minimum Gasteiger partial charge on any atom is -0.378 e. The summed E-state index contributed by atoms with van der Waals surface area (Å²) in [6, 6.07) is 6.80. The van der Waals surface area contributed by atoms with E-state index >= 15 is 0 Å². The lowest BCUT2D eigenvalue weighted by atomic mass is 10.1. The molecule has 106 valence electrons. The quantitative estimate of drug-likeness (QED) is 0.896. The van der Waals surface area contributed by atoms with E-state index in [2.05, 4.69) is 0 Å². The summed E-state index contributed by atoms with van der Waals surface area (Å²) in [6.45, 7) is 5.28. The van der Waals surface area contributed by atoms with Crippen LogP contribution in [-0.4, -0.2) is 38.0 Å². The summed E-state index contributed by atoms with van der Waals surface area (Å²) in [4.78, 5) is 0.297. The SMILES string of the molecule is CC1(C)COCCN1S(=O)(=O)c1cccc(CN)c1. The summed E-state index contributed by atoms with van der Waals surface area (Å²) in [5.74, 6) is 0. The number of hydrogen-bond acceptors (Lipinski definition) is 4. The van der Waals surface area contributed by atoms with Gasteiger partial charge >= 0.3 is 0 Å². The molecule has 1 aromatic rings. The fourth-order valence-corrected chi connectivity index (χ4v) is 4.07. The maximum atomic E-state index is 12.7. The lowest BCUT2D eigenvalue weighted by Crippen LogP contribution is -2.55. The molecule has 2 N–H and O–H groups in total. The number of benzene rings is 1. The van der Waals surface area contributed by atoms with Crippen molar-refractivity contribution in [3.63, 3.8) is 0 Å². The number of sulfonamides is 1. The molecule has 0 radical (unpaired) electrons. The smallest absolute Gasteiger partial charge is 0.243 e. The zero-order valence-electron chi connectivity index (χ0n) is 11.3. The van der Waals surface area contributed by atoms with Gasteiger partial charge in [-0.25, -0.2) is 8.42 Å². The van der Waals surface area contributed by atoms with Crippen molar-refractivity contribution in [1.82, 2.24) is 4.31 Å². The molecule has 1 heterocycles. The number of nitrogens with zero attached hydrogens (tertiary/aromatic N) is 1. The summed E-state index contributed by atoms with van der Waals surface area (Å²) in [5, 5.41) is 0. The molecular formula is C13H20N2O3S. The third-order valence-corrected chi connectivity index (χ3v) is 5.40. The van der Waals surface area contributed by atoms with Crippen LogP contribution in [0, 0.1) is 0 Å². The maximum Gasteiger partial charge on any atom is 0.243 e. The fraction of sp³-hybridized carbons (Fsp3) is 0.538. The Morgan fingerprint density at radius 1 is 1.42 bits per heavy atom. The van der Waals surface area contributed by atoms with Gasteiger partial charge in [-0.3, -0.25) is 0 Å². The van der Waals surface area contributed by atoms with E-state index in [-0.39, 0.29) is 0 Å². The van der Waals surface area contributed by atoms with Crippen molar-refractivity contribution < 1.29 is 13.2 Å². The predicted molar refractivity (Wildman–Crippen MR) is 73.1 cm³/mol. The van der Waals surface area contributed by atoms with Gasteiger partial charge in [-0.1, -0.05) is 12.1 Å². The predicted octanol–water partition coefficient (Wildman–Crippen LogP) is 0.945. The number of hydrogen-bond donors (Lipinski definition) is 1. The van der Waals surface area contributed by atoms with Gasteiger partial charge in [0.2, 0.25) is 10.0 Å². The Bertz CT molecular complexity index is 555. The molecule has 1 aromatic carbocycles. The van der Waals surface area contributed by atoms with Crippen molar-refractivity contribution in [2.75, 3.05) is 19.8 Å². The van der Waals surface area contributed by atoms with Crippen LogP contribution in [0.15, 0.2) is 29.2 Å². The van der Waals surface area contributed by atoms with Crippen molar-refractivity contribution in [2.24, 2.45) is 5.73 Å². The van der Waals surface area contributed by atoms with E-state index in [1.807, 2.05) is 19.9 Å². The average Bonchev–Trinajstić information content (AvgIpc) is 2.38. The molecule has 6 heteroatoms. The third-order valence-electron chi connectivity index (χ3n) is 3.29. The van der Waals surface area contributed by atoms with Gasteiger partial charge in [0.1, 0.15) is 0 Å². The Balaban J connectivity index is 2.41. The molecule has 1 aliphatic heterocycles. The molecule has 0 aromatic heterocycles. The lowest BCUT2D eigenvalue weighted by molar-refractivity contribution is -0.00771. The van der Waals surface area contributed by atoms with Crippen LogP contribution in [0.1, 0.15) is 19.4 Å². The van der Waals surface area contributed by atoms with Crippen LogP contribution in [0.2, 0.25) is 0 Å². The zero-order chi connectivity index (χ0) is 14.1. The number of nitrogens with two attached hydrogens (primary N) is 1. The first-order chi connectivity index (χ1) is 8.88. The molecular weight excluding hydrogens is 264 g/mol. The molecule has 5 nitrogen and oxygen atoms in total. The number of ether oxygens (including phenoxy) is 1. The standard InChI is InChI=1S/C13H20N2O3S/c1-13(2)10-18-7-6-15(13)19(16,17)12-5-3-4-11(8-12)9-14/h3-5,8H,6-7,9-10,14H2,1-2H3. The maximum absolute atomic E-state index is 12.7. The highest BCUT2D eigenvalue weighted by atomic mass is 32.2. The molecule has 1 aliphatic rings. The first kappa shape index (κ1) is 14.5. The minimum absolute atomic E-state index is 0.297. The second-order valence-electron chi connectivity index (χ2n) is 5.29. The molecule has 19 heavy (non-hydrogen) atoms. The molecule has 0 saturated carbocycles. The van der Waals surface area contributed by atoms with Crippen LogP contribution in [-0.2, 0) is 21.3 Å². The third kappa shape index (κ3) is 2.81. The van der Waals surface area contributed by atoms with E-state index in [0.717, 1.165) is 5.56 Å². The minimum atomic E-state index is -3.50. The number of rotatable bonds is 3. The molecule has 0 spiro atoms. The molecule has 1 saturated heterocycles. The van der Waals surface area contributed by atoms with Crippen molar-refractivity contribution in [3.05, 3.63) is 29.8 Å². The van der Waals surface area contributed by atoms with Crippen LogP contribution >= 0.6 is 0 Å². The van der Waals surface area contributed by atoms with E-state index in [9.17, 15) is 8.42 Å². The molecule has 0 atom stereocenters. The van der Waals surface area contributed by atoms with E-state index in [1.54, 1.807) is 18.2 Å². The molecule has 0 bridgehead atoms. The second-order valence-corrected chi connectivity index (χ2v) is 7.16. The van der Waals surface area contributed by atoms with Gasteiger partial charge in [-0.05, 0) is 31.5 Å². The normalized spacial score (nSPS) is 20.4. The van der Waals surface area contributed by atoms with Crippen molar-refractivity contribution in [2.45, 2.75) is 30.8 Å². The summed E-state index contributed by atoms with van der Waals surface area (Å²) in [7, 11) is -3.50. The Hall–Kier alpha value is -0.950. The van der Waals surface area contributed by atoms with Crippen LogP contribution in [0.3, 0.4) is 0 Å². The molecule has 1 fully saturated rings. The molecule has 0 unspecified atom stereocenters. The fourth-order valence-electron chi connectivity index (χ4n) is 2.25. The van der Waals surface area contributed by atoms with Gasteiger partial charge < -0.3 is 10.5 Å². The first-order valence-corrected chi connectivity index (χ1v) is 7.71. The summed E-state index contributed by atoms with van der Waals surface area (Å²) >= 11 is 0. The van der Waals surface area contributed by atoms with Gasteiger partial charge in [0.15, 0.2) is 0 Å². The van der Waals surface area contributed by atoms with Gasteiger partial charge in [0, 0.05) is 13.1 Å². The summed E-state index contributed by atoms with van der Waals surface area (Å²) < 4.78 is 32.3. The van der Waals surface area contributed by atoms with Crippen LogP contribution < -0.4 is 5.73 Å². The van der Waals surface area contributed by atoms with E-state index in [1.165, 1.54) is 4.31 Å². The monoisotopic (exact) mass is 284 g/mol. The molecule has 2 rings (SSSR count). The second kappa shape index (κ2) is 5.20. The zero-order valence-corrected chi connectivity index (χ0v) is 12.1. The number of morpholine rings is 1. The Morgan fingerprint density at radius 2 is 2.16 bits per heavy atom. The van der Waals surface area contributed by atoms with E-state index in [0.29, 0.717) is 31.2 Å². The van der Waals surface area contributed by atoms with Crippen LogP contribution in [0.4, 0.5) is 0 Å². The Morgan fingerprint density at radius 3 is 2.79 bits per heavy atom. The summed E-state index contributed by atoms with van der Waals surface area (Å²) in [6.07, 6.45) is 0. The van der Waals surface area contributed by atoms with Gasteiger partial charge in [0.25, 0.3) is 0 Å². The average molecular weight is 284 g/mol. The van der Waals surface area contributed by atoms with Crippen LogP contribution in [0.5, 0.6) is 0 Å². The Kier molecular flexibility index (Phi) is 3.96. The summed E-state index contributed by atoms with van der Waals surface area (Å²) in [5.41, 5.74) is 5.85. The topological polar surface area (TPSA) is 72.6 Å². The van der Waals surface area contributed by atoms with E-state index < -0.39 is 15.6 Å². The van der Waals surface area contributed by atoms with Gasteiger partial charge in [0.05, 0.1) is 23.6 Å². The van der Waals surface area contributed by atoms with Crippen LogP contribution in [0.25, 0.3) is 0 Å². The first-order valence-electron chi connectivity index (χ1n) is 6.27. The van der Waals surface area contributed by atoms with Gasteiger partial charge in [-0.2, -0.15) is 4.31 Å². The van der Waals surface area contributed by atoms with E-state index in [4.69, 9.17) is 10.5 Å². The largest absolute Gasteiger partial charge is 0.378 e. The Labute approximate surface area is 114 Å². The highest BCUT2D eigenvalue weighted by molar-refractivity contribution is 7.89. The molecule has 0 amide bonds. The lowest BCUT2D eigenvalue weighted by Gasteiger charge is -2.40.